The standard InChI is InChI=1S/C23H26NOP/c1-18-11-9-10-16-22(18)26(21-14-7-4-8-15-21)17-24-19(2)23(25)20-12-5-3-6-13-20/h3-16,19,23-25H,17H2,1-2H3/t19-,23-,26?/m0/s1. The van der Waals surface area contributed by atoms with Crippen molar-refractivity contribution in [2.45, 2.75) is 26.0 Å². The van der Waals surface area contributed by atoms with Gasteiger partial charge in [-0.25, -0.2) is 0 Å². The number of hydrogen-bond donors (Lipinski definition) is 2. The lowest BCUT2D eigenvalue weighted by Gasteiger charge is -2.26. The zero-order valence-corrected chi connectivity index (χ0v) is 16.2. The number of hydrogen-bond acceptors (Lipinski definition) is 2. The van der Waals surface area contributed by atoms with E-state index in [9.17, 15) is 5.11 Å². The average Bonchev–Trinajstić information content (AvgIpc) is 2.70. The Bertz CT molecular complexity index is 807. The molecule has 26 heavy (non-hydrogen) atoms. The van der Waals surface area contributed by atoms with Gasteiger partial charge in [-0.3, -0.25) is 0 Å². The summed E-state index contributed by atoms with van der Waals surface area (Å²) in [5, 5.41) is 17.0. The molecule has 3 atom stereocenters. The molecule has 0 radical (unpaired) electrons. The first-order valence-corrected chi connectivity index (χ1v) is 10.5. The van der Waals surface area contributed by atoms with E-state index in [1.807, 2.05) is 37.3 Å². The molecule has 0 saturated carbocycles. The van der Waals surface area contributed by atoms with E-state index in [1.54, 1.807) is 0 Å². The van der Waals surface area contributed by atoms with Crippen LogP contribution in [-0.4, -0.2) is 17.4 Å². The second kappa shape index (κ2) is 9.09. The molecule has 0 aromatic heterocycles. The van der Waals surface area contributed by atoms with Crippen molar-refractivity contribution in [3.8, 4) is 0 Å². The van der Waals surface area contributed by atoms with Gasteiger partial charge < -0.3 is 10.4 Å². The van der Waals surface area contributed by atoms with Gasteiger partial charge in [0, 0.05) is 12.3 Å². The Balaban J connectivity index is 1.77. The summed E-state index contributed by atoms with van der Waals surface area (Å²) < 4.78 is 0. The number of nitrogens with one attached hydrogen (secondary N) is 1. The van der Waals surface area contributed by atoms with Crippen molar-refractivity contribution in [3.05, 3.63) is 96.1 Å². The van der Waals surface area contributed by atoms with Crippen molar-refractivity contribution in [2.24, 2.45) is 0 Å². The molecule has 0 spiro atoms. The second-order valence-electron chi connectivity index (χ2n) is 6.56. The molecule has 0 saturated heterocycles. The summed E-state index contributed by atoms with van der Waals surface area (Å²) in [6.07, 6.45) is 0.329. The zero-order valence-electron chi connectivity index (χ0n) is 15.3. The molecule has 0 heterocycles. The SMILES string of the molecule is Cc1ccccc1P(CN[C@@H](C)[C@H](O)c1ccccc1)c1ccccc1. The Morgan fingerprint density at radius 3 is 2.08 bits per heavy atom. The molecule has 3 rings (SSSR count). The van der Waals surface area contributed by atoms with Crippen molar-refractivity contribution in [1.29, 1.82) is 0 Å². The van der Waals surface area contributed by atoms with Gasteiger partial charge in [0.25, 0.3) is 0 Å². The minimum Gasteiger partial charge on any atom is -0.387 e. The van der Waals surface area contributed by atoms with Crippen LogP contribution in [0.4, 0.5) is 0 Å². The van der Waals surface area contributed by atoms with Crippen LogP contribution in [0.25, 0.3) is 0 Å². The minimum absolute atomic E-state index is 0.0184. The normalized spacial score (nSPS) is 14.6. The maximum atomic E-state index is 10.6. The summed E-state index contributed by atoms with van der Waals surface area (Å²) in [5.41, 5.74) is 2.27. The number of aryl methyl sites for hydroxylation is 1. The molecule has 2 N–H and O–H groups in total. The lowest BCUT2D eigenvalue weighted by molar-refractivity contribution is 0.139. The van der Waals surface area contributed by atoms with E-state index in [4.69, 9.17) is 0 Å². The third-order valence-corrected chi connectivity index (χ3v) is 7.16. The van der Waals surface area contributed by atoms with Crippen LogP contribution in [0.1, 0.15) is 24.2 Å². The summed E-state index contributed by atoms with van der Waals surface area (Å²) in [4.78, 5) is 0. The molecule has 3 aromatic carbocycles. The maximum Gasteiger partial charge on any atom is 0.0940 e. The van der Waals surface area contributed by atoms with Crippen molar-refractivity contribution >= 4 is 18.5 Å². The molecular formula is C23H26NOP. The predicted molar refractivity (Wildman–Crippen MR) is 113 cm³/mol. The van der Waals surface area contributed by atoms with Crippen LogP contribution in [0.2, 0.25) is 0 Å². The summed E-state index contributed by atoms with van der Waals surface area (Å²) >= 11 is 0. The topological polar surface area (TPSA) is 32.3 Å². The highest BCUT2D eigenvalue weighted by Crippen LogP contribution is 2.34. The quantitative estimate of drug-likeness (QED) is 0.620. The van der Waals surface area contributed by atoms with E-state index in [0.717, 1.165) is 11.8 Å². The van der Waals surface area contributed by atoms with E-state index in [1.165, 1.54) is 16.2 Å². The van der Waals surface area contributed by atoms with Crippen molar-refractivity contribution < 1.29 is 5.11 Å². The van der Waals surface area contributed by atoms with Gasteiger partial charge in [-0.2, -0.15) is 0 Å². The third kappa shape index (κ3) is 4.59. The van der Waals surface area contributed by atoms with Gasteiger partial charge in [0.2, 0.25) is 0 Å². The molecule has 0 bridgehead atoms. The van der Waals surface area contributed by atoms with Gasteiger partial charge in [-0.15, -0.1) is 0 Å². The zero-order chi connectivity index (χ0) is 18.4. The summed E-state index contributed by atoms with van der Waals surface area (Å²) in [6.45, 7) is 4.23. The third-order valence-electron chi connectivity index (χ3n) is 4.66. The molecule has 0 amide bonds. The molecule has 0 aliphatic heterocycles. The lowest BCUT2D eigenvalue weighted by atomic mass is 10.0. The Kier molecular flexibility index (Phi) is 6.57. The van der Waals surface area contributed by atoms with Crippen LogP contribution in [0, 0.1) is 6.92 Å². The van der Waals surface area contributed by atoms with Crippen LogP contribution in [0.3, 0.4) is 0 Å². The minimum atomic E-state index is -0.520. The number of rotatable bonds is 7. The van der Waals surface area contributed by atoms with Gasteiger partial charge in [-0.1, -0.05) is 84.9 Å². The highest BCUT2D eigenvalue weighted by atomic mass is 31.1. The first-order chi connectivity index (χ1) is 12.7. The summed E-state index contributed by atoms with van der Waals surface area (Å²) in [7, 11) is -0.520. The fourth-order valence-electron chi connectivity index (χ4n) is 3.08. The largest absolute Gasteiger partial charge is 0.387 e. The molecular weight excluding hydrogens is 337 g/mol. The molecule has 0 fully saturated rings. The van der Waals surface area contributed by atoms with Crippen LogP contribution in [-0.2, 0) is 0 Å². The Morgan fingerprint density at radius 2 is 1.42 bits per heavy atom. The summed E-state index contributed by atoms with van der Waals surface area (Å²) in [5.74, 6) is 0. The van der Waals surface area contributed by atoms with E-state index in [2.05, 4.69) is 66.8 Å². The molecule has 3 aromatic rings. The number of aliphatic hydroxyl groups is 1. The fraction of sp³-hybridized carbons (Fsp3) is 0.217. The van der Waals surface area contributed by atoms with E-state index in [-0.39, 0.29) is 6.04 Å². The molecule has 0 aliphatic rings. The van der Waals surface area contributed by atoms with Gasteiger partial charge >= 0.3 is 0 Å². The van der Waals surface area contributed by atoms with Crippen LogP contribution < -0.4 is 15.9 Å². The summed E-state index contributed by atoms with van der Waals surface area (Å²) in [6, 6.07) is 29.1. The van der Waals surface area contributed by atoms with Crippen LogP contribution >= 0.6 is 7.92 Å². The Hall–Kier alpha value is -1.99. The van der Waals surface area contributed by atoms with Crippen LogP contribution in [0.15, 0.2) is 84.9 Å². The first-order valence-electron chi connectivity index (χ1n) is 9.01. The lowest BCUT2D eigenvalue weighted by Crippen LogP contribution is -2.35. The molecule has 3 heteroatoms. The van der Waals surface area contributed by atoms with Crippen molar-refractivity contribution in [2.75, 3.05) is 6.29 Å². The van der Waals surface area contributed by atoms with E-state index < -0.39 is 14.0 Å². The van der Waals surface area contributed by atoms with Crippen molar-refractivity contribution in [1.82, 2.24) is 5.32 Å². The number of benzene rings is 3. The van der Waals surface area contributed by atoms with Crippen LogP contribution in [0.5, 0.6) is 0 Å². The Morgan fingerprint density at radius 1 is 0.846 bits per heavy atom. The van der Waals surface area contributed by atoms with E-state index in [0.29, 0.717) is 0 Å². The molecule has 1 unspecified atom stereocenters. The highest BCUT2D eigenvalue weighted by molar-refractivity contribution is 7.73. The van der Waals surface area contributed by atoms with E-state index >= 15 is 0 Å². The van der Waals surface area contributed by atoms with Gasteiger partial charge in [0.1, 0.15) is 0 Å². The molecule has 0 aliphatic carbocycles. The van der Waals surface area contributed by atoms with Gasteiger partial charge in [0.15, 0.2) is 0 Å². The van der Waals surface area contributed by atoms with Crippen molar-refractivity contribution in [3.63, 3.8) is 0 Å². The smallest absolute Gasteiger partial charge is 0.0940 e. The number of aliphatic hydroxyl groups excluding tert-OH is 1. The first kappa shape index (κ1) is 18.8. The molecule has 134 valence electrons. The Labute approximate surface area is 157 Å². The molecule has 2 nitrogen and oxygen atoms in total. The average molecular weight is 363 g/mol. The second-order valence-corrected chi connectivity index (χ2v) is 8.73. The van der Waals surface area contributed by atoms with Gasteiger partial charge in [-0.05, 0) is 43.5 Å². The van der Waals surface area contributed by atoms with Gasteiger partial charge in [0.05, 0.1) is 6.10 Å². The predicted octanol–water partition coefficient (Wildman–Crippen LogP) is 4.10. The maximum absolute atomic E-state index is 10.6. The monoisotopic (exact) mass is 363 g/mol. The fourth-order valence-corrected chi connectivity index (χ4v) is 5.48. The highest BCUT2D eigenvalue weighted by Gasteiger charge is 2.20.